The van der Waals surface area contributed by atoms with Gasteiger partial charge >= 0.3 is 0 Å². The summed E-state index contributed by atoms with van der Waals surface area (Å²) in [5, 5.41) is 4.46. The molecule has 5 heteroatoms. The van der Waals surface area contributed by atoms with Gasteiger partial charge in [-0.25, -0.2) is 9.97 Å². The molecule has 20 heavy (non-hydrogen) atoms. The van der Waals surface area contributed by atoms with Crippen LogP contribution in [0.4, 0.5) is 5.82 Å². The highest BCUT2D eigenvalue weighted by molar-refractivity contribution is 8.06. The van der Waals surface area contributed by atoms with Gasteiger partial charge in [-0.15, -0.1) is 11.8 Å². The molecule has 0 bridgehead atoms. The fourth-order valence-corrected chi connectivity index (χ4v) is 5.43. The molecular formula is C15H25N3S2. The number of nitrogens with one attached hydrogen (secondary N) is 1. The second kappa shape index (κ2) is 8.13. The third-order valence-electron chi connectivity index (χ3n) is 3.37. The van der Waals surface area contributed by atoms with Crippen molar-refractivity contribution in [1.29, 1.82) is 0 Å². The summed E-state index contributed by atoms with van der Waals surface area (Å²) in [6.07, 6.45) is 3.36. The predicted molar refractivity (Wildman–Crippen MR) is 91.9 cm³/mol. The zero-order chi connectivity index (χ0) is 14.4. The van der Waals surface area contributed by atoms with Gasteiger partial charge in [-0.2, -0.15) is 11.8 Å². The van der Waals surface area contributed by atoms with Crippen molar-refractivity contribution in [1.82, 2.24) is 9.97 Å². The number of aryl methyl sites for hydroxylation is 1. The van der Waals surface area contributed by atoms with Gasteiger partial charge in [0.1, 0.15) is 11.6 Å². The van der Waals surface area contributed by atoms with Gasteiger partial charge in [0.05, 0.1) is 5.25 Å². The van der Waals surface area contributed by atoms with E-state index in [1.807, 2.05) is 11.8 Å². The fourth-order valence-electron chi connectivity index (χ4n) is 2.44. The minimum atomic E-state index is 0.452. The number of hydrogen-bond acceptors (Lipinski definition) is 5. The third-order valence-corrected chi connectivity index (χ3v) is 6.61. The molecule has 2 rings (SSSR count). The topological polar surface area (TPSA) is 37.8 Å². The maximum absolute atomic E-state index is 4.84. The number of rotatable bonds is 6. The van der Waals surface area contributed by atoms with Crippen LogP contribution in [0, 0.1) is 0 Å². The Morgan fingerprint density at radius 2 is 2.00 bits per heavy atom. The van der Waals surface area contributed by atoms with Crippen LogP contribution in [0.5, 0.6) is 0 Å². The van der Waals surface area contributed by atoms with Gasteiger partial charge < -0.3 is 5.32 Å². The first-order valence-electron chi connectivity index (χ1n) is 7.63. The standard InChI is InChI=1S/C15H25N3S2/c1-4-7-11-10-13(16-6-3)18-15(17-11)14-12(5-2)19-8-9-20-14/h10,12,14H,4-9H2,1-3H3,(H,16,17,18). The van der Waals surface area contributed by atoms with Crippen LogP contribution >= 0.6 is 23.5 Å². The largest absolute Gasteiger partial charge is 0.370 e. The molecule has 0 aliphatic carbocycles. The first-order valence-corrected chi connectivity index (χ1v) is 9.73. The summed E-state index contributed by atoms with van der Waals surface area (Å²) in [6, 6.07) is 2.11. The van der Waals surface area contributed by atoms with Gasteiger partial charge in [-0.1, -0.05) is 20.3 Å². The van der Waals surface area contributed by atoms with Crippen LogP contribution in [0.25, 0.3) is 0 Å². The van der Waals surface area contributed by atoms with E-state index in [4.69, 9.17) is 9.97 Å². The average Bonchev–Trinajstić information content (AvgIpc) is 2.47. The summed E-state index contributed by atoms with van der Waals surface area (Å²) < 4.78 is 0. The van der Waals surface area contributed by atoms with Crippen molar-refractivity contribution in [2.24, 2.45) is 0 Å². The molecule has 1 N–H and O–H groups in total. The Balaban J connectivity index is 2.27. The summed E-state index contributed by atoms with van der Waals surface area (Å²) in [4.78, 5) is 9.61. The quantitative estimate of drug-likeness (QED) is 0.854. The minimum absolute atomic E-state index is 0.452. The average molecular weight is 312 g/mol. The lowest BCUT2D eigenvalue weighted by atomic mass is 10.2. The van der Waals surface area contributed by atoms with E-state index in [2.05, 4.69) is 43.9 Å². The summed E-state index contributed by atoms with van der Waals surface area (Å²) in [5.41, 5.74) is 1.18. The monoisotopic (exact) mass is 311 g/mol. The second-order valence-electron chi connectivity index (χ2n) is 4.99. The van der Waals surface area contributed by atoms with E-state index in [1.165, 1.54) is 23.6 Å². The molecule has 2 atom stereocenters. The van der Waals surface area contributed by atoms with Crippen molar-refractivity contribution in [3.63, 3.8) is 0 Å². The number of aromatic nitrogens is 2. The van der Waals surface area contributed by atoms with Crippen LogP contribution in [0.15, 0.2) is 6.07 Å². The van der Waals surface area contributed by atoms with E-state index in [9.17, 15) is 0 Å². The molecular weight excluding hydrogens is 286 g/mol. The maximum atomic E-state index is 4.84. The number of hydrogen-bond donors (Lipinski definition) is 1. The van der Waals surface area contributed by atoms with E-state index >= 15 is 0 Å². The van der Waals surface area contributed by atoms with Gasteiger partial charge in [0.25, 0.3) is 0 Å². The molecule has 112 valence electrons. The molecule has 1 aromatic rings. The maximum Gasteiger partial charge on any atom is 0.145 e. The smallest absolute Gasteiger partial charge is 0.145 e. The van der Waals surface area contributed by atoms with Crippen LogP contribution in [0.1, 0.15) is 50.4 Å². The Labute approximate surface area is 131 Å². The van der Waals surface area contributed by atoms with Crippen LogP contribution in [-0.2, 0) is 6.42 Å². The van der Waals surface area contributed by atoms with Crippen LogP contribution in [-0.4, -0.2) is 33.3 Å². The molecule has 2 heterocycles. The molecule has 0 radical (unpaired) electrons. The number of thioether (sulfide) groups is 2. The van der Waals surface area contributed by atoms with Crippen molar-refractivity contribution in [3.05, 3.63) is 17.6 Å². The lowest BCUT2D eigenvalue weighted by molar-refractivity contribution is 0.735. The Morgan fingerprint density at radius 1 is 1.20 bits per heavy atom. The van der Waals surface area contributed by atoms with Crippen LogP contribution < -0.4 is 5.32 Å². The summed E-state index contributed by atoms with van der Waals surface area (Å²) in [7, 11) is 0. The molecule has 0 aromatic carbocycles. The van der Waals surface area contributed by atoms with Gasteiger partial charge in [0.2, 0.25) is 0 Å². The van der Waals surface area contributed by atoms with Crippen molar-refractivity contribution < 1.29 is 0 Å². The van der Waals surface area contributed by atoms with Gasteiger partial charge in [-0.05, 0) is 19.8 Å². The Morgan fingerprint density at radius 3 is 2.70 bits per heavy atom. The van der Waals surface area contributed by atoms with E-state index in [1.54, 1.807) is 0 Å². The van der Waals surface area contributed by atoms with Crippen molar-refractivity contribution in [2.45, 2.75) is 50.5 Å². The Kier molecular flexibility index (Phi) is 6.49. The van der Waals surface area contributed by atoms with Crippen molar-refractivity contribution >= 4 is 29.3 Å². The predicted octanol–water partition coefficient (Wildman–Crippen LogP) is 4.16. The second-order valence-corrected chi connectivity index (χ2v) is 7.59. The SMILES string of the molecule is CCCc1cc(NCC)nc(C2SCCSC2CC)n1. The van der Waals surface area contributed by atoms with Crippen LogP contribution in [0.3, 0.4) is 0 Å². The van der Waals surface area contributed by atoms with E-state index in [0.29, 0.717) is 10.5 Å². The summed E-state index contributed by atoms with van der Waals surface area (Å²) in [5.74, 6) is 4.50. The van der Waals surface area contributed by atoms with E-state index in [-0.39, 0.29) is 0 Å². The molecule has 0 amide bonds. The van der Waals surface area contributed by atoms with Gasteiger partial charge in [0, 0.05) is 35.1 Å². The number of anilines is 1. The van der Waals surface area contributed by atoms with Crippen LogP contribution in [0.2, 0.25) is 0 Å². The molecule has 0 saturated carbocycles. The molecule has 1 fully saturated rings. The lowest BCUT2D eigenvalue weighted by Crippen LogP contribution is -2.21. The zero-order valence-electron chi connectivity index (χ0n) is 12.7. The summed E-state index contributed by atoms with van der Waals surface area (Å²) >= 11 is 4.11. The summed E-state index contributed by atoms with van der Waals surface area (Å²) in [6.45, 7) is 7.50. The van der Waals surface area contributed by atoms with Gasteiger partial charge in [-0.3, -0.25) is 0 Å². The minimum Gasteiger partial charge on any atom is -0.370 e. The fraction of sp³-hybridized carbons (Fsp3) is 0.733. The highest BCUT2D eigenvalue weighted by Gasteiger charge is 2.29. The van der Waals surface area contributed by atoms with E-state index < -0.39 is 0 Å². The molecule has 0 spiro atoms. The first-order chi connectivity index (χ1) is 9.78. The van der Waals surface area contributed by atoms with Crippen molar-refractivity contribution in [3.8, 4) is 0 Å². The molecule has 1 aliphatic heterocycles. The Hall–Kier alpha value is -0.420. The highest BCUT2D eigenvalue weighted by atomic mass is 32.2. The highest BCUT2D eigenvalue weighted by Crippen LogP contribution is 2.43. The van der Waals surface area contributed by atoms with Gasteiger partial charge in [0.15, 0.2) is 0 Å². The van der Waals surface area contributed by atoms with Crippen molar-refractivity contribution in [2.75, 3.05) is 23.4 Å². The molecule has 1 aromatic heterocycles. The zero-order valence-corrected chi connectivity index (χ0v) is 14.3. The molecule has 1 aliphatic rings. The molecule has 2 unspecified atom stereocenters. The lowest BCUT2D eigenvalue weighted by Gasteiger charge is -2.29. The Bertz CT molecular complexity index is 401. The third kappa shape index (κ3) is 4.04. The normalized spacial score (nSPS) is 22.8. The molecule has 1 saturated heterocycles. The molecule has 3 nitrogen and oxygen atoms in total. The number of nitrogens with zero attached hydrogens (tertiary/aromatic N) is 2. The first kappa shape index (κ1) is 16.0. The van der Waals surface area contributed by atoms with E-state index in [0.717, 1.165) is 31.0 Å².